The van der Waals surface area contributed by atoms with Gasteiger partial charge in [-0.1, -0.05) is 30.1 Å². The molecule has 1 aromatic rings. The molecule has 1 heterocycles. The van der Waals surface area contributed by atoms with Crippen molar-refractivity contribution < 1.29 is 9.90 Å². The zero-order valence-electron chi connectivity index (χ0n) is 11.9. The van der Waals surface area contributed by atoms with Gasteiger partial charge in [0.2, 0.25) is 0 Å². The lowest BCUT2D eigenvalue weighted by Crippen LogP contribution is -2.43. The van der Waals surface area contributed by atoms with Crippen molar-refractivity contribution >= 4 is 35.1 Å². The molecule has 1 rings (SSSR count). The second kappa shape index (κ2) is 9.65. The Morgan fingerprint density at radius 2 is 2.14 bits per heavy atom. The van der Waals surface area contributed by atoms with E-state index in [1.54, 1.807) is 11.0 Å². The van der Waals surface area contributed by atoms with Crippen molar-refractivity contribution in [3.05, 3.63) is 22.3 Å². The third kappa shape index (κ3) is 6.37. The van der Waals surface area contributed by atoms with Gasteiger partial charge in [-0.05, 0) is 12.5 Å². The average molecular weight is 335 g/mol. The fraction of sp³-hybridized carbons (Fsp3) is 0.538. The SMILES string of the molecule is CCCN(CCO)C(=O)NCCNc1ncc(Cl)cc1Cl. The maximum absolute atomic E-state index is 11.9. The molecule has 0 saturated heterocycles. The van der Waals surface area contributed by atoms with Crippen LogP contribution in [0.5, 0.6) is 0 Å². The van der Waals surface area contributed by atoms with Gasteiger partial charge in [0.25, 0.3) is 0 Å². The Bertz CT molecular complexity index is 454. The molecule has 8 heteroatoms. The Kier molecular flexibility index (Phi) is 8.19. The Balaban J connectivity index is 2.34. The molecule has 0 aliphatic heterocycles. The zero-order valence-corrected chi connectivity index (χ0v) is 13.4. The maximum atomic E-state index is 11.9. The number of halogens is 2. The minimum absolute atomic E-state index is 0.0457. The van der Waals surface area contributed by atoms with Gasteiger partial charge in [0.15, 0.2) is 0 Å². The van der Waals surface area contributed by atoms with Crippen LogP contribution in [0, 0.1) is 0 Å². The summed E-state index contributed by atoms with van der Waals surface area (Å²) in [7, 11) is 0. The lowest BCUT2D eigenvalue weighted by Gasteiger charge is -2.21. The van der Waals surface area contributed by atoms with Crippen molar-refractivity contribution in [1.29, 1.82) is 0 Å². The van der Waals surface area contributed by atoms with E-state index in [0.717, 1.165) is 6.42 Å². The minimum Gasteiger partial charge on any atom is -0.395 e. The van der Waals surface area contributed by atoms with E-state index in [1.807, 2.05) is 6.92 Å². The number of anilines is 1. The quantitative estimate of drug-likeness (QED) is 0.637. The molecular formula is C13H20Cl2N4O2. The van der Waals surface area contributed by atoms with Crippen LogP contribution in [0.3, 0.4) is 0 Å². The molecule has 0 saturated carbocycles. The van der Waals surface area contributed by atoms with E-state index in [9.17, 15) is 4.79 Å². The molecule has 0 aromatic carbocycles. The number of aliphatic hydroxyl groups is 1. The summed E-state index contributed by atoms with van der Waals surface area (Å²) in [6.45, 7) is 3.79. The fourth-order valence-corrected chi connectivity index (χ4v) is 2.16. The number of amides is 2. The molecule has 0 spiro atoms. The first-order chi connectivity index (χ1) is 10.1. The molecule has 118 valence electrons. The highest BCUT2D eigenvalue weighted by atomic mass is 35.5. The van der Waals surface area contributed by atoms with E-state index < -0.39 is 0 Å². The largest absolute Gasteiger partial charge is 0.395 e. The highest BCUT2D eigenvalue weighted by molar-refractivity contribution is 6.35. The molecule has 0 fully saturated rings. The summed E-state index contributed by atoms with van der Waals surface area (Å²) >= 11 is 11.7. The van der Waals surface area contributed by atoms with Gasteiger partial charge in [-0.15, -0.1) is 0 Å². The lowest BCUT2D eigenvalue weighted by atomic mass is 10.4. The van der Waals surface area contributed by atoms with Crippen LogP contribution in [0.15, 0.2) is 12.3 Å². The number of nitrogens with zero attached hydrogens (tertiary/aromatic N) is 2. The predicted octanol–water partition coefficient (Wildman–Crippen LogP) is 2.21. The Labute approximate surface area is 134 Å². The predicted molar refractivity (Wildman–Crippen MR) is 85.1 cm³/mol. The summed E-state index contributed by atoms with van der Waals surface area (Å²) in [4.78, 5) is 17.5. The Morgan fingerprint density at radius 1 is 1.38 bits per heavy atom. The Hall–Kier alpha value is -1.24. The van der Waals surface area contributed by atoms with Crippen LogP contribution in [0.1, 0.15) is 13.3 Å². The van der Waals surface area contributed by atoms with Crippen LogP contribution in [-0.2, 0) is 0 Å². The summed E-state index contributed by atoms with van der Waals surface area (Å²) in [5, 5.41) is 15.6. The third-order valence-corrected chi connectivity index (χ3v) is 3.15. The van der Waals surface area contributed by atoms with Crippen molar-refractivity contribution in [3.63, 3.8) is 0 Å². The van der Waals surface area contributed by atoms with Crippen LogP contribution in [0.25, 0.3) is 0 Å². The van der Waals surface area contributed by atoms with Gasteiger partial charge >= 0.3 is 6.03 Å². The van der Waals surface area contributed by atoms with E-state index in [1.165, 1.54) is 6.20 Å². The summed E-state index contributed by atoms with van der Waals surface area (Å²) < 4.78 is 0. The van der Waals surface area contributed by atoms with E-state index in [0.29, 0.717) is 42.0 Å². The van der Waals surface area contributed by atoms with Crippen molar-refractivity contribution in [2.45, 2.75) is 13.3 Å². The van der Waals surface area contributed by atoms with Crippen LogP contribution in [-0.4, -0.2) is 53.8 Å². The van der Waals surface area contributed by atoms with E-state index >= 15 is 0 Å². The summed E-state index contributed by atoms with van der Waals surface area (Å²) in [6.07, 6.45) is 2.34. The van der Waals surface area contributed by atoms with Gasteiger partial charge in [-0.2, -0.15) is 0 Å². The molecule has 0 atom stereocenters. The molecule has 0 aliphatic carbocycles. The topological polar surface area (TPSA) is 77.5 Å². The zero-order chi connectivity index (χ0) is 15.7. The van der Waals surface area contributed by atoms with Gasteiger partial charge in [-0.25, -0.2) is 9.78 Å². The molecule has 0 unspecified atom stereocenters. The number of hydrogen-bond donors (Lipinski definition) is 3. The van der Waals surface area contributed by atoms with Gasteiger partial charge in [0.1, 0.15) is 5.82 Å². The number of aliphatic hydroxyl groups excluding tert-OH is 1. The molecule has 0 bridgehead atoms. The standard InChI is InChI=1S/C13H20Cl2N4O2/c1-2-5-19(6-7-20)13(21)17-4-3-16-12-11(15)8-10(14)9-18-12/h8-9,20H,2-7H2,1H3,(H,16,18)(H,17,21). The second-order valence-electron chi connectivity index (χ2n) is 4.35. The number of carbonyl (C=O) groups excluding carboxylic acids is 1. The number of carbonyl (C=O) groups is 1. The summed E-state index contributed by atoms with van der Waals surface area (Å²) in [5.41, 5.74) is 0. The third-order valence-electron chi connectivity index (χ3n) is 2.65. The van der Waals surface area contributed by atoms with Crippen LogP contribution in [0.2, 0.25) is 10.0 Å². The molecule has 0 aliphatic rings. The second-order valence-corrected chi connectivity index (χ2v) is 5.20. The molecule has 6 nitrogen and oxygen atoms in total. The number of urea groups is 1. The monoisotopic (exact) mass is 334 g/mol. The first-order valence-electron chi connectivity index (χ1n) is 6.77. The van der Waals surface area contributed by atoms with Gasteiger partial charge in [-0.3, -0.25) is 0 Å². The highest BCUT2D eigenvalue weighted by Crippen LogP contribution is 2.21. The number of hydrogen-bond acceptors (Lipinski definition) is 4. The molecule has 21 heavy (non-hydrogen) atoms. The molecule has 2 amide bonds. The van der Waals surface area contributed by atoms with Gasteiger partial charge in [0.05, 0.1) is 16.7 Å². The van der Waals surface area contributed by atoms with E-state index in [-0.39, 0.29) is 12.6 Å². The van der Waals surface area contributed by atoms with Crippen molar-refractivity contribution in [1.82, 2.24) is 15.2 Å². The first kappa shape index (κ1) is 17.8. The van der Waals surface area contributed by atoms with Crippen molar-refractivity contribution in [2.75, 3.05) is 38.1 Å². The molecule has 0 radical (unpaired) electrons. The smallest absolute Gasteiger partial charge is 0.317 e. The minimum atomic E-state index is -0.192. The maximum Gasteiger partial charge on any atom is 0.317 e. The molecular weight excluding hydrogens is 315 g/mol. The van der Waals surface area contributed by atoms with E-state index in [4.69, 9.17) is 28.3 Å². The summed E-state index contributed by atoms with van der Waals surface area (Å²) in [6, 6.07) is 1.41. The van der Waals surface area contributed by atoms with E-state index in [2.05, 4.69) is 15.6 Å². The average Bonchev–Trinajstić information content (AvgIpc) is 2.45. The summed E-state index contributed by atoms with van der Waals surface area (Å²) in [5.74, 6) is 0.524. The van der Waals surface area contributed by atoms with Crippen molar-refractivity contribution in [2.24, 2.45) is 0 Å². The van der Waals surface area contributed by atoms with Crippen LogP contribution in [0.4, 0.5) is 10.6 Å². The molecule has 1 aromatic heterocycles. The van der Waals surface area contributed by atoms with Crippen LogP contribution < -0.4 is 10.6 Å². The number of rotatable bonds is 8. The highest BCUT2D eigenvalue weighted by Gasteiger charge is 2.10. The number of nitrogens with one attached hydrogen (secondary N) is 2. The first-order valence-corrected chi connectivity index (χ1v) is 7.52. The molecule has 3 N–H and O–H groups in total. The van der Waals surface area contributed by atoms with Gasteiger partial charge < -0.3 is 20.6 Å². The van der Waals surface area contributed by atoms with Crippen LogP contribution >= 0.6 is 23.2 Å². The normalized spacial score (nSPS) is 10.3. The lowest BCUT2D eigenvalue weighted by molar-refractivity contribution is 0.177. The van der Waals surface area contributed by atoms with Gasteiger partial charge in [0, 0.05) is 32.4 Å². The fourth-order valence-electron chi connectivity index (χ4n) is 1.71. The van der Waals surface area contributed by atoms with Crippen molar-refractivity contribution in [3.8, 4) is 0 Å². The number of aromatic nitrogens is 1. The number of pyridine rings is 1. The Morgan fingerprint density at radius 3 is 2.76 bits per heavy atom.